The average molecular weight is 367 g/mol. The minimum Gasteiger partial charge on any atom is -0.494 e. The van der Waals surface area contributed by atoms with Crippen molar-refractivity contribution in [2.75, 3.05) is 32.8 Å². The monoisotopic (exact) mass is 367 g/mol. The van der Waals surface area contributed by atoms with Crippen LogP contribution in [0.3, 0.4) is 0 Å². The van der Waals surface area contributed by atoms with Gasteiger partial charge in [-0.05, 0) is 81.8 Å². The Morgan fingerprint density at radius 3 is 2.89 bits per heavy atom. The minimum atomic E-state index is 0.0481. The molecule has 0 aliphatic carbocycles. The lowest BCUT2D eigenvalue weighted by molar-refractivity contribution is 0.0787. The Bertz CT molecular complexity index is 780. The lowest BCUT2D eigenvalue weighted by Gasteiger charge is -2.22. The summed E-state index contributed by atoms with van der Waals surface area (Å²) in [5, 5.41) is 4.48. The number of benzene rings is 1. The third-order valence-corrected chi connectivity index (χ3v) is 5.70. The first-order valence-corrected chi connectivity index (χ1v) is 10.3. The van der Waals surface area contributed by atoms with Gasteiger partial charge in [0.1, 0.15) is 11.4 Å². The number of likely N-dealkylation sites (tertiary alicyclic amines) is 1. The van der Waals surface area contributed by atoms with E-state index in [1.54, 1.807) is 0 Å². The van der Waals surface area contributed by atoms with E-state index in [4.69, 9.17) is 4.74 Å². The van der Waals surface area contributed by atoms with Crippen LogP contribution >= 0.6 is 0 Å². The van der Waals surface area contributed by atoms with Crippen molar-refractivity contribution in [1.29, 1.82) is 0 Å². The van der Waals surface area contributed by atoms with Crippen molar-refractivity contribution in [2.24, 2.45) is 5.92 Å². The highest BCUT2D eigenvalue weighted by atomic mass is 16.5. The van der Waals surface area contributed by atoms with E-state index < -0.39 is 0 Å². The summed E-state index contributed by atoms with van der Waals surface area (Å²) in [6.45, 7) is 4.77. The maximum atomic E-state index is 12.5. The van der Waals surface area contributed by atoms with Crippen LogP contribution in [0.4, 0.5) is 0 Å². The van der Waals surface area contributed by atoms with Gasteiger partial charge in [0.25, 0.3) is 5.91 Å². The van der Waals surface area contributed by atoms with Gasteiger partial charge in [0, 0.05) is 18.5 Å². The fourth-order valence-corrected chi connectivity index (χ4v) is 4.13. The van der Waals surface area contributed by atoms with Gasteiger partial charge < -0.3 is 15.0 Å². The summed E-state index contributed by atoms with van der Waals surface area (Å²) in [5.41, 5.74) is 1.39. The molecule has 1 aromatic carbocycles. The van der Waals surface area contributed by atoms with Crippen LogP contribution in [0.5, 0.6) is 5.75 Å². The van der Waals surface area contributed by atoms with Gasteiger partial charge in [-0.2, -0.15) is 0 Å². The topological polar surface area (TPSA) is 54.5 Å². The average Bonchev–Trinajstić information content (AvgIpc) is 3.26. The van der Waals surface area contributed by atoms with Crippen LogP contribution in [0.15, 0.2) is 30.3 Å². The van der Waals surface area contributed by atoms with Crippen LogP contribution in [-0.2, 0) is 0 Å². The fraction of sp³-hybridized carbons (Fsp3) is 0.545. The standard InChI is InChI=1S/C22H29N3O2/c26-22(25-12-1-2-13-25)21-9-7-18-15-19(8-10-20(18)24-21)27-14-4-6-17-5-3-11-23-16-17/h7-10,15,17,23H,1-6,11-14,16H2. The number of ether oxygens (including phenoxy) is 1. The van der Waals surface area contributed by atoms with Gasteiger partial charge in [0.2, 0.25) is 0 Å². The number of piperidine rings is 1. The Balaban J connectivity index is 1.33. The maximum absolute atomic E-state index is 12.5. The van der Waals surface area contributed by atoms with Crippen molar-refractivity contribution < 1.29 is 9.53 Å². The molecule has 27 heavy (non-hydrogen) atoms. The van der Waals surface area contributed by atoms with Crippen LogP contribution < -0.4 is 10.1 Å². The van der Waals surface area contributed by atoms with Crippen molar-refractivity contribution in [3.8, 4) is 5.75 Å². The Labute approximate surface area is 161 Å². The van der Waals surface area contributed by atoms with Gasteiger partial charge in [0.05, 0.1) is 12.1 Å². The molecule has 1 N–H and O–H groups in total. The quantitative estimate of drug-likeness (QED) is 0.792. The highest BCUT2D eigenvalue weighted by Crippen LogP contribution is 2.22. The summed E-state index contributed by atoms with van der Waals surface area (Å²) in [4.78, 5) is 19.0. The molecular formula is C22H29N3O2. The van der Waals surface area contributed by atoms with E-state index in [1.807, 2.05) is 35.2 Å². The van der Waals surface area contributed by atoms with Crippen LogP contribution in [0.25, 0.3) is 10.9 Å². The smallest absolute Gasteiger partial charge is 0.272 e. The Hall–Kier alpha value is -2.14. The fourth-order valence-electron chi connectivity index (χ4n) is 4.13. The highest BCUT2D eigenvalue weighted by molar-refractivity contribution is 5.95. The first-order valence-electron chi connectivity index (χ1n) is 10.3. The number of aromatic nitrogens is 1. The van der Waals surface area contributed by atoms with Gasteiger partial charge >= 0.3 is 0 Å². The number of carbonyl (C=O) groups excluding carboxylic acids is 1. The molecule has 2 fully saturated rings. The number of rotatable bonds is 6. The van der Waals surface area contributed by atoms with E-state index in [1.165, 1.54) is 25.8 Å². The molecule has 1 unspecified atom stereocenters. The van der Waals surface area contributed by atoms with Gasteiger partial charge in [-0.25, -0.2) is 4.98 Å². The van der Waals surface area contributed by atoms with Crippen molar-refractivity contribution in [2.45, 2.75) is 38.5 Å². The number of carbonyl (C=O) groups is 1. The molecule has 5 nitrogen and oxygen atoms in total. The van der Waals surface area contributed by atoms with Gasteiger partial charge in [-0.15, -0.1) is 0 Å². The molecule has 5 heteroatoms. The van der Waals surface area contributed by atoms with Gasteiger partial charge in [0.15, 0.2) is 0 Å². The first kappa shape index (κ1) is 18.2. The van der Waals surface area contributed by atoms with Gasteiger partial charge in [-0.3, -0.25) is 4.79 Å². The van der Waals surface area contributed by atoms with Crippen LogP contribution in [-0.4, -0.2) is 48.6 Å². The second-order valence-electron chi connectivity index (χ2n) is 7.75. The molecule has 0 saturated carbocycles. The normalized spacial score (nSPS) is 20.1. The summed E-state index contributed by atoms with van der Waals surface area (Å²) < 4.78 is 5.94. The number of nitrogens with zero attached hydrogens (tertiary/aromatic N) is 2. The molecule has 4 rings (SSSR count). The molecule has 144 valence electrons. The molecule has 0 spiro atoms. The zero-order valence-electron chi connectivity index (χ0n) is 16.0. The van der Waals surface area contributed by atoms with Crippen molar-refractivity contribution in [3.05, 3.63) is 36.0 Å². The summed E-state index contributed by atoms with van der Waals surface area (Å²) in [6.07, 6.45) is 7.14. The third kappa shape index (κ3) is 4.59. The Morgan fingerprint density at radius 2 is 2.07 bits per heavy atom. The van der Waals surface area contributed by atoms with Crippen molar-refractivity contribution in [1.82, 2.24) is 15.2 Å². The van der Waals surface area contributed by atoms with Crippen LogP contribution in [0.2, 0.25) is 0 Å². The lowest BCUT2D eigenvalue weighted by Crippen LogP contribution is -2.29. The molecule has 0 bridgehead atoms. The number of fused-ring (bicyclic) bond motifs is 1. The number of hydrogen-bond donors (Lipinski definition) is 1. The van der Waals surface area contributed by atoms with Crippen molar-refractivity contribution in [3.63, 3.8) is 0 Å². The number of nitrogens with one attached hydrogen (secondary N) is 1. The summed E-state index contributed by atoms with van der Waals surface area (Å²) >= 11 is 0. The molecule has 2 aliphatic heterocycles. The predicted molar refractivity (Wildman–Crippen MR) is 107 cm³/mol. The largest absolute Gasteiger partial charge is 0.494 e. The molecular weight excluding hydrogens is 338 g/mol. The number of pyridine rings is 1. The lowest BCUT2D eigenvalue weighted by atomic mass is 9.95. The van der Waals surface area contributed by atoms with E-state index in [0.717, 1.165) is 68.1 Å². The minimum absolute atomic E-state index is 0.0481. The summed E-state index contributed by atoms with van der Waals surface area (Å²) in [5.74, 6) is 1.73. The van der Waals surface area contributed by atoms with E-state index in [0.29, 0.717) is 5.69 Å². The second-order valence-corrected chi connectivity index (χ2v) is 7.75. The first-order chi connectivity index (χ1) is 13.3. The van der Waals surface area contributed by atoms with Crippen LogP contribution in [0.1, 0.15) is 49.0 Å². The second kappa shape index (κ2) is 8.70. The van der Waals surface area contributed by atoms with Gasteiger partial charge in [-0.1, -0.05) is 6.07 Å². The van der Waals surface area contributed by atoms with E-state index in [9.17, 15) is 4.79 Å². The zero-order valence-corrected chi connectivity index (χ0v) is 16.0. The highest BCUT2D eigenvalue weighted by Gasteiger charge is 2.20. The summed E-state index contributed by atoms with van der Waals surface area (Å²) in [6, 6.07) is 9.75. The molecule has 2 aliphatic rings. The Morgan fingerprint density at radius 1 is 1.19 bits per heavy atom. The molecule has 1 aromatic heterocycles. The molecule has 2 saturated heterocycles. The Kier molecular flexibility index (Phi) is 5.87. The predicted octanol–water partition coefficient (Wildman–Crippen LogP) is 3.63. The SMILES string of the molecule is O=C(c1ccc2cc(OCCCC3CCCNC3)ccc2n1)N1CCCC1. The molecule has 0 radical (unpaired) electrons. The molecule has 1 amide bonds. The van der Waals surface area contributed by atoms with E-state index in [-0.39, 0.29) is 5.91 Å². The molecule has 2 aromatic rings. The molecule has 3 heterocycles. The van der Waals surface area contributed by atoms with E-state index >= 15 is 0 Å². The number of hydrogen-bond acceptors (Lipinski definition) is 4. The van der Waals surface area contributed by atoms with E-state index in [2.05, 4.69) is 10.3 Å². The van der Waals surface area contributed by atoms with Crippen molar-refractivity contribution >= 4 is 16.8 Å². The van der Waals surface area contributed by atoms with Crippen LogP contribution in [0, 0.1) is 5.92 Å². The molecule has 1 atom stereocenters. The zero-order chi connectivity index (χ0) is 18.5. The third-order valence-electron chi connectivity index (χ3n) is 5.70. The maximum Gasteiger partial charge on any atom is 0.272 e. The number of amides is 1. The summed E-state index contributed by atoms with van der Waals surface area (Å²) in [7, 11) is 0.